The molecular weight excluding hydrogens is 442 g/mol. The summed E-state index contributed by atoms with van der Waals surface area (Å²) in [6, 6.07) is 19.4. The van der Waals surface area contributed by atoms with Gasteiger partial charge in [0.25, 0.3) is 5.69 Å². The highest BCUT2D eigenvalue weighted by molar-refractivity contribution is 8.15. The number of rotatable bonds is 7. The molecular formula is C24H19N3O5S. The minimum Gasteiger partial charge on any atom is -0.494 e. The van der Waals surface area contributed by atoms with Crippen molar-refractivity contribution in [3.8, 4) is 5.75 Å². The van der Waals surface area contributed by atoms with E-state index >= 15 is 0 Å². The number of thioether (sulfide) groups is 1. The lowest BCUT2D eigenvalue weighted by Gasteiger charge is -2.19. The van der Waals surface area contributed by atoms with Gasteiger partial charge >= 0.3 is 0 Å². The van der Waals surface area contributed by atoms with Crippen LogP contribution in [0.4, 0.5) is 17.1 Å². The van der Waals surface area contributed by atoms with Crippen LogP contribution in [0.1, 0.15) is 22.8 Å². The number of amides is 1. The number of anilines is 1. The second-order valence-corrected chi connectivity index (χ2v) is 7.94. The third kappa shape index (κ3) is 4.78. The van der Waals surface area contributed by atoms with E-state index in [1.54, 1.807) is 54.6 Å². The monoisotopic (exact) mass is 461 g/mol. The first-order valence-electron chi connectivity index (χ1n) is 10.1. The Kier molecular flexibility index (Phi) is 6.50. The number of ketones is 1. The summed E-state index contributed by atoms with van der Waals surface area (Å²) in [7, 11) is 0. The highest BCUT2D eigenvalue weighted by atomic mass is 32.2. The van der Waals surface area contributed by atoms with Gasteiger partial charge in [0.15, 0.2) is 11.0 Å². The highest BCUT2D eigenvalue weighted by Crippen LogP contribution is 2.34. The van der Waals surface area contributed by atoms with Gasteiger partial charge in [-0.15, -0.1) is 0 Å². The van der Waals surface area contributed by atoms with Crippen molar-refractivity contribution in [2.45, 2.75) is 6.92 Å². The van der Waals surface area contributed by atoms with Gasteiger partial charge in [0, 0.05) is 17.7 Å². The number of benzene rings is 3. The summed E-state index contributed by atoms with van der Waals surface area (Å²) in [5.41, 5.74) is 1.06. The zero-order valence-electron chi connectivity index (χ0n) is 17.6. The smallest absolute Gasteiger partial charge is 0.270 e. The predicted octanol–water partition coefficient (Wildman–Crippen LogP) is 4.99. The quantitative estimate of drug-likeness (QED) is 0.279. The molecule has 8 nitrogen and oxygen atoms in total. The Labute approximate surface area is 194 Å². The molecule has 0 N–H and O–H groups in total. The predicted molar refractivity (Wildman–Crippen MR) is 128 cm³/mol. The summed E-state index contributed by atoms with van der Waals surface area (Å²) < 4.78 is 5.44. The van der Waals surface area contributed by atoms with Gasteiger partial charge in [-0.2, -0.15) is 0 Å². The molecule has 0 radical (unpaired) electrons. The molecule has 0 aliphatic carbocycles. The molecule has 4 rings (SSSR count). The number of hydrogen-bond acceptors (Lipinski definition) is 7. The summed E-state index contributed by atoms with van der Waals surface area (Å²) in [4.78, 5) is 42.8. The van der Waals surface area contributed by atoms with Crippen molar-refractivity contribution in [3.63, 3.8) is 0 Å². The molecule has 0 bridgehead atoms. The van der Waals surface area contributed by atoms with Gasteiger partial charge in [0.05, 0.1) is 34.2 Å². The minimum absolute atomic E-state index is 0.0608. The first kappa shape index (κ1) is 22.2. The molecule has 1 heterocycles. The zero-order chi connectivity index (χ0) is 23.4. The molecule has 9 heteroatoms. The van der Waals surface area contributed by atoms with Gasteiger partial charge in [-0.1, -0.05) is 42.1 Å². The van der Waals surface area contributed by atoms with Crippen LogP contribution in [0.5, 0.6) is 5.75 Å². The number of amidine groups is 1. The van der Waals surface area contributed by atoms with E-state index < -0.39 is 10.7 Å². The van der Waals surface area contributed by atoms with E-state index in [1.165, 1.54) is 34.9 Å². The maximum atomic E-state index is 13.2. The first-order valence-corrected chi connectivity index (χ1v) is 11.1. The topological polar surface area (TPSA) is 102 Å². The van der Waals surface area contributed by atoms with Crippen LogP contribution in [-0.4, -0.2) is 34.1 Å². The Morgan fingerprint density at radius 2 is 1.85 bits per heavy atom. The largest absolute Gasteiger partial charge is 0.494 e. The molecule has 1 amide bonds. The number of carbonyl (C=O) groups excluding carboxylic acids is 2. The summed E-state index contributed by atoms with van der Waals surface area (Å²) >= 11 is 1.24. The van der Waals surface area contributed by atoms with Crippen molar-refractivity contribution in [1.29, 1.82) is 0 Å². The fourth-order valence-corrected chi connectivity index (χ4v) is 4.22. The number of hydrogen-bond donors (Lipinski definition) is 0. The van der Waals surface area contributed by atoms with Gasteiger partial charge in [-0.05, 0) is 37.3 Å². The molecule has 1 fully saturated rings. The average molecular weight is 461 g/mol. The Morgan fingerprint density at radius 3 is 2.52 bits per heavy atom. The summed E-state index contributed by atoms with van der Waals surface area (Å²) in [5.74, 6) is 0.172. The van der Waals surface area contributed by atoms with Gasteiger partial charge < -0.3 is 4.74 Å². The zero-order valence-corrected chi connectivity index (χ0v) is 18.5. The fourth-order valence-electron chi connectivity index (χ4n) is 3.34. The van der Waals surface area contributed by atoms with E-state index in [2.05, 4.69) is 4.99 Å². The summed E-state index contributed by atoms with van der Waals surface area (Å²) in [5, 5.41) is 11.8. The van der Waals surface area contributed by atoms with E-state index in [4.69, 9.17) is 4.74 Å². The van der Waals surface area contributed by atoms with E-state index in [-0.39, 0.29) is 28.6 Å². The first-order chi connectivity index (χ1) is 16.0. The Bertz CT molecular complexity index is 1240. The van der Waals surface area contributed by atoms with Crippen LogP contribution in [0, 0.1) is 10.1 Å². The molecule has 3 aromatic carbocycles. The lowest BCUT2D eigenvalue weighted by atomic mass is 10.0. The number of aliphatic imine (C=N–C) groups is 1. The molecule has 1 aliphatic heterocycles. The average Bonchev–Trinajstić information content (AvgIpc) is 3.19. The van der Waals surface area contributed by atoms with E-state index in [0.717, 1.165) is 0 Å². The lowest BCUT2D eigenvalue weighted by molar-refractivity contribution is -0.384. The Hall–Kier alpha value is -3.98. The molecule has 1 aliphatic rings. The number of ether oxygens (including phenoxy) is 1. The lowest BCUT2D eigenvalue weighted by Crippen LogP contribution is -2.30. The summed E-state index contributed by atoms with van der Waals surface area (Å²) in [6.45, 7) is 2.44. The molecule has 3 aromatic rings. The summed E-state index contributed by atoms with van der Waals surface area (Å²) in [6.07, 6.45) is 0. The van der Waals surface area contributed by atoms with Crippen LogP contribution in [0.15, 0.2) is 77.8 Å². The second kappa shape index (κ2) is 9.66. The van der Waals surface area contributed by atoms with Crippen molar-refractivity contribution < 1.29 is 19.2 Å². The highest BCUT2D eigenvalue weighted by Gasteiger charge is 2.33. The fraction of sp³-hybridized carbons (Fsp3) is 0.125. The van der Waals surface area contributed by atoms with E-state index in [1.807, 2.05) is 6.92 Å². The molecule has 0 saturated carbocycles. The van der Waals surface area contributed by atoms with Crippen LogP contribution in [0.2, 0.25) is 0 Å². The SMILES string of the molecule is CCOc1ccc(N=C2SCC(=O)N2c2ccc([N+](=O)[O-])cc2C(=O)c2ccccc2)cc1. The molecule has 33 heavy (non-hydrogen) atoms. The van der Waals surface area contributed by atoms with Gasteiger partial charge in [-0.3, -0.25) is 24.6 Å². The van der Waals surface area contributed by atoms with Gasteiger partial charge in [0.1, 0.15) is 5.75 Å². The Morgan fingerprint density at radius 1 is 1.12 bits per heavy atom. The molecule has 0 atom stereocenters. The maximum Gasteiger partial charge on any atom is 0.270 e. The van der Waals surface area contributed by atoms with Gasteiger partial charge in [-0.25, -0.2) is 4.99 Å². The molecule has 0 unspecified atom stereocenters. The molecule has 0 aromatic heterocycles. The number of nitro groups is 1. The van der Waals surface area contributed by atoms with Crippen molar-refractivity contribution >= 4 is 45.7 Å². The Balaban J connectivity index is 1.77. The van der Waals surface area contributed by atoms with Crippen LogP contribution in [0.3, 0.4) is 0 Å². The number of nitrogens with zero attached hydrogens (tertiary/aromatic N) is 3. The second-order valence-electron chi connectivity index (χ2n) is 6.99. The maximum absolute atomic E-state index is 13.2. The minimum atomic E-state index is -0.568. The molecule has 0 spiro atoms. The van der Waals surface area contributed by atoms with E-state index in [0.29, 0.717) is 28.8 Å². The number of nitro benzene ring substituents is 1. The van der Waals surface area contributed by atoms with Crippen LogP contribution in [0.25, 0.3) is 0 Å². The van der Waals surface area contributed by atoms with Crippen LogP contribution < -0.4 is 9.64 Å². The van der Waals surface area contributed by atoms with Crippen molar-refractivity contribution in [2.75, 3.05) is 17.3 Å². The van der Waals surface area contributed by atoms with Gasteiger partial charge in [0.2, 0.25) is 5.91 Å². The van der Waals surface area contributed by atoms with Crippen LogP contribution in [-0.2, 0) is 4.79 Å². The van der Waals surface area contributed by atoms with E-state index in [9.17, 15) is 19.7 Å². The number of carbonyl (C=O) groups is 2. The standard InChI is InChI=1S/C24H19N3O5S/c1-2-32-19-11-8-17(9-12-19)25-24-26(22(28)15-33-24)21-13-10-18(27(30)31)14-20(21)23(29)16-6-4-3-5-7-16/h3-14H,2,15H2,1H3. The van der Waals surface area contributed by atoms with Crippen molar-refractivity contribution in [3.05, 3.63) is 94.0 Å². The third-order valence-corrected chi connectivity index (χ3v) is 5.77. The van der Waals surface area contributed by atoms with Crippen molar-refractivity contribution in [1.82, 2.24) is 0 Å². The normalized spacial score (nSPS) is 14.5. The third-order valence-electron chi connectivity index (χ3n) is 4.85. The van der Waals surface area contributed by atoms with Crippen molar-refractivity contribution in [2.24, 2.45) is 4.99 Å². The number of non-ortho nitro benzene ring substituents is 1. The molecule has 166 valence electrons. The van der Waals surface area contributed by atoms with Crippen LogP contribution >= 0.6 is 11.8 Å². The molecule has 1 saturated heterocycles.